The molecular weight excluding hydrogens is 977 g/mol. The van der Waals surface area contributed by atoms with Gasteiger partial charge in [0.25, 0.3) is 0 Å². The summed E-state index contributed by atoms with van der Waals surface area (Å²) >= 11 is 0. The van der Waals surface area contributed by atoms with Gasteiger partial charge in [-0.3, -0.25) is 0 Å². The number of aryl methyl sites for hydroxylation is 4. The van der Waals surface area contributed by atoms with Gasteiger partial charge in [-0.25, -0.2) is 9.59 Å². The summed E-state index contributed by atoms with van der Waals surface area (Å²) in [4.78, 5) is 25.4. The SMILES string of the molecule is C=C(C)C(=O)OCCOc1c2cc(CCCCCC)cc1Cc1cc(CCCCCC)cc(c1OCCOC(=O)C(=C)C)Cc1cc(CCCCCC)cc(c1OCCO)Cc1cc(CCCCCC)cc(c1OCCO)C2. The van der Waals surface area contributed by atoms with E-state index in [1.807, 2.05) is 0 Å². The van der Waals surface area contributed by atoms with E-state index < -0.39 is 11.9 Å². The molecule has 1 aliphatic carbocycles. The molecule has 428 valence electrons. The Hall–Kier alpha value is -5.58. The maximum absolute atomic E-state index is 12.7. The van der Waals surface area contributed by atoms with E-state index in [1.54, 1.807) is 13.8 Å². The zero-order valence-electron chi connectivity index (χ0n) is 48.8. The molecule has 10 nitrogen and oxygen atoms in total. The van der Waals surface area contributed by atoms with Gasteiger partial charge >= 0.3 is 11.9 Å². The first-order valence-electron chi connectivity index (χ1n) is 29.9. The Morgan fingerprint density at radius 1 is 0.372 bits per heavy atom. The summed E-state index contributed by atoms with van der Waals surface area (Å²) in [6, 6.07) is 18.4. The van der Waals surface area contributed by atoms with Gasteiger partial charge < -0.3 is 38.6 Å². The minimum absolute atomic E-state index is 0.0409. The number of carbonyl (C=O) groups is 2. The molecule has 2 N–H and O–H groups in total. The number of aliphatic hydroxyl groups is 2. The summed E-state index contributed by atoms with van der Waals surface area (Å²) in [6.45, 7) is 20.1. The molecule has 0 aromatic heterocycles. The Morgan fingerprint density at radius 2 is 0.603 bits per heavy atom. The second-order valence-electron chi connectivity index (χ2n) is 21.6. The molecule has 0 unspecified atom stereocenters. The third-order valence-electron chi connectivity index (χ3n) is 14.5. The van der Waals surface area contributed by atoms with E-state index in [1.165, 1.54) is 35.1 Å². The minimum atomic E-state index is -0.464. The van der Waals surface area contributed by atoms with E-state index in [2.05, 4.69) is 89.4 Å². The molecule has 0 saturated carbocycles. The molecule has 0 saturated heterocycles. The van der Waals surface area contributed by atoms with Crippen molar-refractivity contribution >= 4 is 11.9 Å². The molecule has 0 amide bonds. The van der Waals surface area contributed by atoms with Gasteiger partial charge in [0, 0.05) is 36.8 Å². The molecule has 0 atom stereocenters. The van der Waals surface area contributed by atoms with Gasteiger partial charge in [-0.05, 0) is 132 Å². The van der Waals surface area contributed by atoms with Crippen molar-refractivity contribution in [1.29, 1.82) is 0 Å². The van der Waals surface area contributed by atoms with Crippen molar-refractivity contribution in [3.05, 3.63) is 140 Å². The van der Waals surface area contributed by atoms with Gasteiger partial charge in [0.15, 0.2) is 0 Å². The molecule has 78 heavy (non-hydrogen) atoms. The van der Waals surface area contributed by atoms with Crippen molar-refractivity contribution in [3.8, 4) is 23.0 Å². The second-order valence-corrected chi connectivity index (χ2v) is 21.6. The number of rotatable bonds is 36. The van der Waals surface area contributed by atoms with Gasteiger partial charge in [0.2, 0.25) is 0 Å². The molecule has 4 aromatic rings. The summed E-state index contributed by atoms with van der Waals surface area (Å²) in [5.74, 6) is 2.01. The van der Waals surface area contributed by atoms with Crippen LogP contribution in [-0.2, 0) is 70.4 Å². The number of benzene rings is 4. The molecule has 5 rings (SSSR count). The predicted molar refractivity (Wildman–Crippen MR) is 316 cm³/mol. The average molecular weight is 1070 g/mol. The van der Waals surface area contributed by atoms with Crippen molar-refractivity contribution < 1.29 is 48.2 Å². The highest BCUT2D eigenvalue weighted by molar-refractivity contribution is 5.87. The van der Waals surface area contributed by atoms with E-state index in [0.717, 1.165) is 183 Å². The number of esters is 2. The van der Waals surface area contributed by atoms with E-state index >= 15 is 0 Å². The molecule has 0 fully saturated rings. The smallest absolute Gasteiger partial charge is 0.333 e. The van der Waals surface area contributed by atoms with Crippen molar-refractivity contribution in [3.63, 3.8) is 0 Å². The number of ether oxygens (including phenoxy) is 6. The number of carbonyl (C=O) groups excluding carboxylic acids is 2. The molecule has 8 bridgehead atoms. The third-order valence-corrected chi connectivity index (χ3v) is 14.5. The summed E-state index contributed by atoms with van der Waals surface area (Å²) < 4.78 is 38.7. The van der Waals surface area contributed by atoms with Crippen LogP contribution in [0.15, 0.2) is 72.8 Å². The van der Waals surface area contributed by atoms with Gasteiger partial charge in [0.1, 0.15) is 62.6 Å². The van der Waals surface area contributed by atoms with Crippen LogP contribution in [0.1, 0.15) is 211 Å². The Kier molecular flexibility index (Phi) is 28.5. The van der Waals surface area contributed by atoms with Crippen LogP contribution in [0.3, 0.4) is 0 Å². The van der Waals surface area contributed by atoms with E-state index in [9.17, 15) is 19.8 Å². The van der Waals surface area contributed by atoms with Crippen LogP contribution in [0.25, 0.3) is 0 Å². The molecule has 4 aromatic carbocycles. The Morgan fingerprint density at radius 3 is 0.808 bits per heavy atom. The average Bonchev–Trinajstić information content (AvgIpc) is 3.47. The van der Waals surface area contributed by atoms with Crippen molar-refractivity contribution in [2.45, 2.75) is 196 Å². The number of hydrogen-bond donors (Lipinski definition) is 2. The molecule has 1 aliphatic rings. The van der Waals surface area contributed by atoms with Crippen LogP contribution in [0.2, 0.25) is 0 Å². The van der Waals surface area contributed by atoms with Crippen LogP contribution >= 0.6 is 0 Å². The van der Waals surface area contributed by atoms with E-state index in [4.69, 9.17) is 28.4 Å². The summed E-state index contributed by atoms with van der Waals surface area (Å²) in [6.07, 6.45) is 23.4. The van der Waals surface area contributed by atoms with Gasteiger partial charge in [-0.1, -0.05) is 166 Å². The van der Waals surface area contributed by atoms with Crippen LogP contribution in [0.4, 0.5) is 0 Å². The minimum Gasteiger partial charge on any atom is -0.491 e. The van der Waals surface area contributed by atoms with Crippen LogP contribution in [0.5, 0.6) is 23.0 Å². The van der Waals surface area contributed by atoms with Crippen LogP contribution in [0, 0.1) is 0 Å². The Balaban J connectivity index is 1.90. The zero-order chi connectivity index (χ0) is 56.1. The molecular formula is C68H96O10. The molecule has 0 aliphatic heterocycles. The number of aliphatic hydroxyl groups excluding tert-OH is 2. The number of fused-ring (bicyclic) bond motifs is 8. The highest BCUT2D eigenvalue weighted by Crippen LogP contribution is 2.42. The molecule has 0 radical (unpaired) electrons. The fraction of sp³-hybridized carbons (Fsp3) is 0.559. The number of unbranched alkanes of at least 4 members (excludes halogenated alkanes) is 12. The lowest BCUT2D eigenvalue weighted by molar-refractivity contribution is -0.140. The van der Waals surface area contributed by atoms with Gasteiger partial charge in [0.05, 0.1) is 13.2 Å². The maximum atomic E-state index is 12.7. The first-order chi connectivity index (χ1) is 37.9. The largest absolute Gasteiger partial charge is 0.491 e. The normalized spacial score (nSPS) is 12.0. The monoisotopic (exact) mass is 1070 g/mol. The first-order valence-corrected chi connectivity index (χ1v) is 29.9. The Labute approximate surface area is 469 Å². The lowest BCUT2D eigenvalue weighted by Crippen LogP contribution is -2.16. The molecule has 0 heterocycles. The fourth-order valence-corrected chi connectivity index (χ4v) is 10.6. The molecule has 10 heteroatoms. The van der Waals surface area contributed by atoms with E-state index in [-0.39, 0.29) is 52.9 Å². The van der Waals surface area contributed by atoms with E-state index in [0.29, 0.717) is 36.8 Å². The van der Waals surface area contributed by atoms with Crippen molar-refractivity contribution in [2.24, 2.45) is 0 Å². The van der Waals surface area contributed by atoms with Crippen molar-refractivity contribution in [2.75, 3.05) is 52.9 Å². The summed E-state index contributed by atoms with van der Waals surface area (Å²) in [7, 11) is 0. The highest BCUT2D eigenvalue weighted by Gasteiger charge is 2.25. The number of hydrogen-bond acceptors (Lipinski definition) is 10. The topological polar surface area (TPSA) is 130 Å². The van der Waals surface area contributed by atoms with Crippen molar-refractivity contribution in [1.82, 2.24) is 0 Å². The highest BCUT2D eigenvalue weighted by atomic mass is 16.6. The summed E-state index contributed by atoms with van der Waals surface area (Å²) in [5, 5.41) is 20.8. The van der Waals surface area contributed by atoms with Crippen LogP contribution < -0.4 is 18.9 Å². The van der Waals surface area contributed by atoms with Crippen LogP contribution in [-0.4, -0.2) is 75.0 Å². The predicted octanol–water partition coefficient (Wildman–Crippen LogP) is 14.6. The third kappa shape index (κ3) is 20.6. The second kappa shape index (κ2) is 35.1. The van der Waals surface area contributed by atoms with Gasteiger partial charge in [-0.2, -0.15) is 0 Å². The quantitative estimate of drug-likeness (QED) is 0.0227. The fourth-order valence-electron chi connectivity index (χ4n) is 10.6. The lowest BCUT2D eigenvalue weighted by Gasteiger charge is -2.25. The maximum Gasteiger partial charge on any atom is 0.333 e. The molecule has 0 spiro atoms. The standard InChI is InChI=1S/C68H96O10/c1-9-13-17-21-25-51-37-55-45-56-38-52(26-22-18-14-10-2)40-58(64(56)74-32-30-70)47-60-42-54(28-24-20-16-12-4)44-62(66(60)76-34-36-78-68(72)50(7)8)48-61-43-53(27-23-19-15-11-3)41-59(46-57(39-51)63(55)73-31-29-69)65(61)75-33-35-77-67(71)49(5)6/h37-44,69-70H,5,7,9-36,45-48H2,1-4,6,8H3. The summed E-state index contributed by atoms with van der Waals surface area (Å²) in [5.41, 5.74) is 13.5. The Bertz CT molecular complexity index is 2350. The zero-order valence-corrected chi connectivity index (χ0v) is 48.8. The lowest BCUT2D eigenvalue weighted by atomic mass is 9.87. The van der Waals surface area contributed by atoms with Gasteiger partial charge in [-0.15, -0.1) is 0 Å². The first kappa shape index (κ1) is 63.3.